The minimum atomic E-state index is -0.343. The first-order valence-corrected chi connectivity index (χ1v) is 7.48. The number of hydrogen-bond acceptors (Lipinski definition) is 4. The van der Waals surface area contributed by atoms with Crippen LogP contribution < -0.4 is 0 Å². The molecule has 1 heterocycles. The molecule has 0 aromatic rings. The maximum atomic E-state index is 6.16. The predicted molar refractivity (Wildman–Crippen MR) is 70.0 cm³/mol. The Morgan fingerprint density at radius 1 is 1.57 bits per heavy atom. The van der Waals surface area contributed by atoms with Gasteiger partial charge in [0.2, 0.25) is 0 Å². The van der Waals surface area contributed by atoms with Gasteiger partial charge >= 0.3 is 0 Å². The smallest absolute Gasteiger partial charge is 0.177 e. The fourth-order valence-electron chi connectivity index (χ4n) is 0.903. The number of likely N-dealkylation sites (N-methyl/N-ethyl adjacent to an activating group) is 1. The Hall–Kier alpha value is 0.0300. The van der Waals surface area contributed by atoms with Gasteiger partial charge in [0.05, 0.1) is 0 Å². The number of hydrogen-bond donors (Lipinski definition) is 0. The topological polar surface area (TPSA) is 18.8 Å². The van der Waals surface area contributed by atoms with E-state index in [0.717, 1.165) is 16.8 Å². The third-order valence-corrected chi connectivity index (χ3v) is 5.35. The van der Waals surface area contributed by atoms with Crippen LogP contribution in [0.25, 0.3) is 0 Å². The van der Waals surface area contributed by atoms with E-state index in [9.17, 15) is 0 Å². The van der Waals surface area contributed by atoms with E-state index in [4.69, 9.17) is 10.7 Å². The molecular formula is C8H14ClN3S2. The fourth-order valence-corrected chi connectivity index (χ4v) is 4.63. The van der Waals surface area contributed by atoms with Crippen molar-refractivity contribution in [2.45, 2.75) is 0 Å². The number of rotatable bonds is 2. The highest BCUT2D eigenvalue weighted by Crippen LogP contribution is 2.43. The molecule has 1 unspecified atom stereocenters. The van der Waals surface area contributed by atoms with Crippen molar-refractivity contribution in [1.82, 2.24) is 9.80 Å². The Labute approximate surface area is 95.6 Å². The van der Waals surface area contributed by atoms with Crippen LogP contribution in [-0.4, -0.2) is 47.8 Å². The zero-order valence-corrected chi connectivity index (χ0v) is 10.9. The van der Waals surface area contributed by atoms with Crippen molar-refractivity contribution >= 4 is 40.5 Å². The average molecular weight is 252 g/mol. The molecule has 0 spiro atoms. The average Bonchev–Trinajstić information content (AvgIpc) is 2.48. The molecule has 1 aliphatic rings. The Bertz CT molecular complexity index is 299. The summed E-state index contributed by atoms with van der Waals surface area (Å²) in [6.07, 6.45) is 1.85. The molecule has 0 amide bonds. The predicted octanol–water partition coefficient (Wildman–Crippen LogP) is 2.19. The monoisotopic (exact) mass is 251 g/mol. The summed E-state index contributed by atoms with van der Waals surface area (Å²) >= 11 is 0. The van der Waals surface area contributed by atoms with Gasteiger partial charge in [0.25, 0.3) is 0 Å². The van der Waals surface area contributed by atoms with Crippen LogP contribution in [0, 0.1) is 0 Å². The van der Waals surface area contributed by atoms with E-state index in [1.165, 1.54) is 0 Å². The van der Waals surface area contributed by atoms with Crippen molar-refractivity contribution in [1.29, 1.82) is 0 Å². The van der Waals surface area contributed by atoms with E-state index >= 15 is 0 Å². The van der Waals surface area contributed by atoms with Crippen molar-refractivity contribution in [3.05, 3.63) is 12.7 Å². The van der Waals surface area contributed by atoms with Crippen LogP contribution in [-0.2, 0) is 0 Å². The van der Waals surface area contributed by atoms with Crippen LogP contribution in [0.3, 0.4) is 0 Å². The summed E-state index contributed by atoms with van der Waals surface area (Å²) in [5.41, 5.74) is 0. The third-order valence-electron chi connectivity index (χ3n) is 1.59. The Balaban J connectivity index is 2.72. The fraction of sp³-hybridized carbons (Fsp3) is 0.500. The van der Waals surface area contributed by atoms with Crippen molar-refractivity contribution < 1.29 is 0 Å². The van der Waals surface area contributed by atoms with Gasteiger partial charge in [0.1, 0.15) is 0 Å². The highest BCUT2D eigenvalue weighted by atomic mass is 35.7. The van der Waals surface area contributed by atoms with Gasteiger partial charge < -0.3 is 4.90 Å². The second-order valence-corrected chi connectivity index (χ2v) is 7.37. The molecule has 0 aliphatic carbocycles. The molecule has 1 aliphatic heterocycles. The maximum Gasteiger partial charge on any atom is 0.177 e. The molecule has 3 nitrogen and oxygen atoms in total. The van der Waals surface area contributed by atoms with Gasteiger partial charge in [-0.25, -0.2) is 4.99 Å². The van der Waals surface area contributed by atoms with Gasteiger partial charge in [-0.15, -0.1) is 6.58 Å². The summed E-state index contributed by atoms with van der Waals surface area (Å²) in [6, 6.07) is 0. The molecule has 14 heavy (non-hydrogen) atoms. The van der Waals surface area contributed by atoms with Crippen LogP contribution in [0.2, 0.25) is 0 Å². The summed E-state index contributed by atoms with van der Waals surface area (Å²) in [7, 11) is 13.3. The third kappa shape index (κ3) is 2.76. The second kappa shape index (κ2) is 5.21. The molecule has 0 radical (unpaired) electrons. The standard InChI is InChI=1S/C8H14ClN3S2/c1-5-6-12(4)7-10-8(11(2)3)14(9)13-7/h5H,1,6H2,2-4H3. The molecule has 0 aromatic carbocycles. The van der Waals surface area contributed by atoms with Gasteiger partial charge in [0.15, 0.2) is 10.3 Å². The van der Waals surface area contributed by atoms with Crippen molar-refractivity contribution in [2.24, 2.45) is 4.99 Å². The first kappa shape index (κ1) is 12.1. The zero-order valence-electron chi connectivity index (χ0n) is 8.53. The summed E-state index contributed by atoms with van der Waals surface area (Å²) < 4.78 is 0. The van der Waals surface area contributed by atoms with Crippen LogP contribution in [0.15, 0.2) is 17.6 Å². The number of amidine groups is 1. The lowest BCUT2D eigenvalue weighted by molar-refractivity contribution is 0.574. The molecule has 1 rings (SSSR count). The summed E-state index contributed by atoms with van der Waals surface area (Å²) in [5.74, 6) is 0. The van der Waals surface area contributed by atoms with Gasteiger partial charge in [-0.3, -0.25) is 4.90 Å². The summed E-state index contributed by atoms with van der Waals surface area (Å²) in [4.78, 5) is 8.46. The molecule has 1 atom stereocenters. The van der Waals surface area contributed by atoms with Crippen LogP contribution in [0.1, 0.15) is 0 Å². The zero-order chi connectivity index (χ0) is 10.7. The molecule has 0 aromatic heterocycles. The molecule has 0 bridgehead atoms. The van der Waals surface area contributed by atoms with Crippen molar-refractivity contribution in [3.63, 3.8) is 0 Å². The molecule has 6 heteroatoms. The summed E-state index contributed by atoms with van der Waals surface area (Å²) in [6.45, 7) is 4.48. The largest absolute Gasteiger partial charge is 0.350 e. The minimum Gasteiger partial charge on any atom is -0.350 e. The lowest BCUT2D eigenvalue weighted by atomic mass is 10.6. The Kier molecular flexibility index (Phi) is 4.50. The highest BCUT2D eigenvalue weighted by molar-refractivity contribution is 8.97. The van der Waals surface area contributed by atoms with Crippen molar-refractivity contribution in [3.8, 4) is 0 Å². The normalized spacial score (nSPS) is 21.4. The summed E-state index contributed by atoms with van der Waals surface area (Å²) in [5, 5.41) is 1.90. The first-order valence-electron chi connectivity index (χ1n) is 4.10. The molecule has 0 fully saturated rings. The molecule has 0 saturated carbocycles. The Morgan fingerprint density at radius 2 is 2.21 bits per heavy atom. The molecule has 0 saturated heterocycles. The van der Waals surface area contributed by atoms with E-state index in [1.807, 2.05) is 37.0 Å². The second-order valence-electron chi connectivity index (χ2n) is 3.05. The number of halogens is 1. The van der Waals surface area contributed by atoms with Crippen LogP contribution in [0.5, 0.6) is 0 Å². The minimum absolute atomic E-state index is 0.343. The van der Waals surface area contributed by atoms with E-state index in [2.05, 4.69) is 11.6 Å². The van der Waals surface area contributed by atoms with Gasteiger partial charge in [-0.2, -0.15) is 0 Å². The number of nitrogens with zero attached hydrogens (tertiary/aromatic N) is 3. The number of aliphatic imine (C=N–C) groups is 1. The molecule has 0 N–H and O–H groups in total. The van der Waals surface area contributed by atoms with E-state index < -0.39 is 0 Å². The van der Waals surface area contributed by atoms with E-state index in [1.54, 1.807) is 10.8 Å². The molecular weight excluding hydrogens is 238 g/mol. The van der Waals surface area contributed by atoms with Crippen molar-refractivity contribution in [2.75, 3.05) is 27.7 Å². The van der Waals surface area contributed by atoms with E-state index in [0.29, 0.717) is 0 Å². The molecule has 80 valence electrons. The Morgan fingerprint density at radius 3 is 2.64 bits per heavy atom. The SMILES string of the molecule is C=CCN(C)C1=NC(N(C)C)=S(Cl)S1. The maximum absolute atomic E-state index is 6.16. The van der Waals surface area contributed by atoms with E-state index in [-0.39, 0.29) is 8.73 Å². The van der Waals surface area contributed by atoms with Gasteiger partial charge in [-0.05, 0) is 35.6 Å². The van der Waals surface area contributed by atoms with Gasteiger partial charge in [-0.1, -0.05) is 6.08 Å². The lowest BCUT2D eigenvalue weighted by Crippen LogP contribution is -2.24. The van der Waals surface area contributed by atoms with Crippen LogP contribution in [0.4, 0.5) is 0 Å². The lowest BCUT2D eigenvalue weighted by Gasteiger charge is -2.14. The first-order chi connectivity index (χ1) is 6.56. The van der Waals surface area contributed by atoms with Crippen LogP contribution >= 0.6 is 30.2 Å². The highest BCUT2D eigenvalue weighted by Gasteiger charge is 2.20. The quantitative estimate of drug-likeness (QED) is 0.426. The van der Waals surface area contributed by atoms with Gasteiger partial charge in [0, 0.05) is 22.3 Å².